The van der Waals surface area contributed by atoms with Crippen molar-refractivity contribution in [3.63, 3.8) is 0 Å². The van der Waals surface area contributed by atoms with E-state index in [9.17, 15) is 13.2 Å². The Bertz CT molecular complexity index is 476. The summed E-state index contributed by atoms with van der Waals surface area (Å²) in [6.45, 7) is 0. The molecule has 0 saturated carbocycles. The molecule has 0 radical (unpaired) electrons. The average molecular weight is 232 g/mol. The topological polar surface area (TPSA) is 71.4 Å². The highest BCUT2D eigenvalue weighted by Gasteiger charge is 2.13. The zero-order chi connectivity index (χ0) is 10.9. The van der Waals surface area contributed by atoms with Gasteiger partial charge in [0.2, 0.25) is 0 Å². The molecule has 0 aliphatic rings. The minimum Gasteiger partial charge on any atom is -0.478 e. The van der Waals surface area contributed by atoms with E-state index >= 15 is 0 Å². The van der Waals surface area contributed by atoms with Gasteiger partial charge in [-0.25, -0.2) is 13.2 Å². The zero-order valence-corrected chi connectivity index (χ0v) is 8.97. The van der Waals surface area contributed by atoms with Crippen LogP contribution in [0, 0.1) is 0 Å². The molecule has 0 atom stereocenters. The van der Waals surface area contributed by atoms with Crippen molar-refractivity contribution < 1.29 is 18.3 Å². The quantitative estimate of drug-likeness (QED) is 0.748. The first kappa shape index (κ1) is 11.1. The molecule has 4 nitrogen and oxygen atoms in total. The molecule has 1 rings (SSSR count). The lowest BCUT2D eigenvalue weighted by Gasteiger charge is -2.02. The fraction of sp³-hybridized carbons (Fsp3) is 0.125. The number of sulfone groups is 1. The molecule has 76 valence electrons. The molecule has 0 aromatic heterocycles. The highest BCUT2D eigenvalue weighted by Crippen LogP contribution is 2.18. The number of benzene rings is 1. The molecule has 0 saturated heterocycles. The Morgan fingerprint density at radius 1 is 1.43 bits per heavy atom. The first-order valence-corrected chi connectivity index (χ1v) is 5.92. The Morgan fingerprint density at radius 2 is 2.00 bits per heavy atom. The van der Waals surface area contributed by atoms with E-state index in [2.05, 4.69) is 12.6 Å². The van der Waals surface area contributed by atoms with Crippen LogP contribution in [0.2, 0.25) is 0 Å². The minimum absolute atomic E-state index is 0.0206. The van der Waals surface area contributed by atoms with Crippen molar-refractivity contribution in [2.45, 2.75) is 9.79 Å². The van der Waals surface area contributed by atoms with Crippen LogP contribution in [0.3, 0.4) is 0 Å². The van der Waals surface area contributed by atoms with Crippen LogP contribution < -0.4 is 0 Å². The number of hydrogen-bond donors (Lipinski definition) is 2. The molecule has 0 spiro atoms. The van der Waals surface area contributed by atoms with Crippen molar-refractivity contribution >= 4 is 28.4 Å². The van der Waals surface area contributed by atoms with E-state index in [0.29, 0.717) is 0 Å². The largest absolute Gasteiger partial charge is 0.478 e. The Kier molecular flexibility index (Phi) is 2.86. The maximum atomic E-state index is 11.1. The van der Waals surface area contributed by atoms with Gasteiger partial charge in [-0.15, -0.1) is 12.6 Å². The van der Waals surface area contributed by atoms with E-state index in [4.69, 9.17) is 5.11 Å². The Hall–Kier alpha value is -1.01. The van der Waals surface area contributed by atoms with Crippen LogP contribution in [0.4, 0.5) is 0 Å². The molecule has 0 aliphatic heterocycles. The molecule has 0 bridgehead atoms. The number of carboxylic acids is 1. The van der Waals surface area contributed by atoms with Crippen LogP contribution >= 0.6 is 12.6 Å². The molecule has 0 heterocycles. The molecule has 14 heavy (non-hydrogen) atoms. The maximum Gasteiger partial charge on any atom is 0.336 e. The predicted molar refractivity (Wildman–Crippen MR) is 53.8 cm³/mol. The molecule has 0 amide bonds. The van der Waals surface area contributed by atoms with E-state index < -0.39 is 15.8 Å². The van der Waals surface area contributed by atoms with Gasteiger partial charge in [-0.1, -0.05) is 0 Å². The summed E-state index contributed by atoms with van der Waals surface area (Å²) in [6, 6.07) is 3.77. The van der Waals surface area contributed by atoms with Gasteiger partial charge in [-0.05, 0) is 18.2 Å². The smallest absolute Gasteiger partial charge is 0.336 e. The van der Waals surface area contributed by atoms with Crippen LogP contribution in [-0.2, 0) is 9.84 Å². The van der Waals surface area contributed by atoms with Gasteiger partial charge in [0.05, 0.1) is 10.5 Å². The standard InChI is InChI=1S/C8H8O4S2/c1-14(11,12)5-2-3-7(13)6(4-5)8(9)10/h2-4,13H,1H3,(H,9,10). The summed E-state index contributed by atoms with van der Waals surface area (Å²) in [5, 5.41) is 8.71. The Morgan fingerprint density at radius 3 is 2.43 bits per heavy atom. The number of hydrogen-bond acceptors (Lipinski definition) is 4. The summed E-state index contributed by atoms with van der Waals surface area (Å²) in [7, 11) is -3.37. The zero-order valence-electron chi connectivity index (χ0n) is 7.26. The summed E-state index contributed by atoms with van der Waals surface area (Å²) < 4.78 is 22.2. The third-order valence-electron chi connectivity index (χ3n) is 1.63. The lowest BCUT2D eigenvalue weighted by Crippen LogP contribution is -2.03. The van der Waals surface area contributed by atoms with Crippen molar-refractivity contribution in [2.75, 3.05) is 6.26 Å². The lowest BCUT2D eigenvalue weighted by atomic mass is 10.2. The van der Waals surface area contributed by atoms with Gasteiger partial charge in [0.1, 0.15) is 0 Å². The van der Waals surface area contributed by atoms with Gasteiger partial charge in [0.15, 0.2) is 9.84 Å². The van der Waals surface area contributed by atoms with Crippen molar-refractivity contribution in [1.29, 1.82) is 0 Å². The first-order chi connectivity index (χ1) is 6.32. The second-order valence-electron chi connectivity index (χ2n) is 2.76. The number of thiol groups is 1. The number of rotatable bonds is 2. The van der Waals surface area contributed by atoms with E-state index in [1.54, 1.807) is 0 Å². The molecular weight excluding hydrogens is 224 g/mol. The van der Waals surface area contributed by atoms with Gasteiger partial charge >= 0.3 is 5.97 Å². The fourth-order valence-corrected chi connectivity index (χ4v) is 1.80. The number of aromatic carboxylic acids is 1. The molecule has 1 aromatic rings. The van der Waals surface area contributed by atoms with Gasteiger partial charge in [0, 0.05) is 11.2 Å². The van der Waals surface area contributed by atoms with Crippen LogP contribution in [-0.4, -0.2) is 25.7 Å². The Balaban J connectivity index is 3.42. The summed E-state index contributed by atoms with van der Waals surface area (Å²) in [6.07, 6.45) is 1.02. The van der Waals surface area contributed by atoms with E-state index in [1.807, 2.05) is 0 Å². The molecule has 6 heteroatoms. The second-order valence-corrected chi connectivity index (χ2v) is 5.25. The predicted octanol–water partition coefficient (Wildman–Crippen LogP) is 1.08. The van der Waals surface area contributed by atoms with Gasteiger partial charge < -0.3 is 5.11 Å². The van der Waals surface area contributed by atoms with Crippen LogP contribution in [0.1, 0.15) is 10.4 Å². The van der Waals surface area contributed by atoms with Crippen molar-refractivity contribution in [3.05, 3.63) is 23.8 Å². The fourth-order valence-electron chi connectivity index (χ4n) is 0.917. The van der Waals surface area contributed by atoms with Gasteiger partial charge in [-0.3, -0.25) is 0 Å². The highest BCUT2D eigenvalue weighted by atomic mass is 32.2. The SMILES string of the molecule is CS(=O)(=O)c1ccc(S)c(C(=O)O)c1. The molecule has 1 aromatic carbocycles. The number of carboxylic acid groups (broad SMARTS) is 1. The average Bonchev–Trinajstić information content (AvgIpc) is 2.02. The van der Waals surface area contributed by atoms with Gasteiger partial charge in [-0.2, -0.15) is 0 Å². The van der Waals surface area contributed by atoms with E-state index in [0.717, 1.165) is 12.3 Å². The molecule has 0 unspecified atom stereocenters. The van der Waals surface area contributed by atoms with E-state index in [-0.39, 0.29) is 15.4 Å². The molecule has 0 fully saturated rings. The van der Waals surface area contributed by atoms with E-state index in [1.165, 1.54) is 12.1 Å². The van der Waals surface area contributed by atoms with Crippen molar-refractivity contribution in [2.24, 2.45) is 0 Å². The lowest BCUT2D eigenvalue weighted by molar-refractivity contribution is 0.0693. The minimum atomic E-state index is -3.37. The Labute approximate surface area is 86.9 Å². The third kappa shape index (κ3) is 2.27. The number of carbonyl (C=O) groups is 1. The van der Waals surface area contributed by atoms with Crippen molar-refractivity contribution in [1.82, 2.24) is 0 Å². The van der Waals surface area contributed by atoms with Crippen LogP contribution in [0.15, 0.2) is 28.0 Å². The van der Waals surface area contributed by atoms with Crippen LogP contribution in [0.5, 0.6) is 0 Å². The highest BCUT2D eigenvalue weighted by molar-refractivity contribution is 7.90. The second kappa shape index (κ2) is 3.62. The first-order valence-electron chi connectivity index (χ1n) is 3.59. The maximum absolute atomic E-state index is 11.1. The van der Waals surface area contributed by atoms with Crippen LogP contribution in [0.25, 0.3) is 0 Å². The molecule has 0 aliphatic carbocycles. The monoisotopic (exact) mass is 232 g/mol. The summed E-state index contributed by atoms with van der Waals surface area (Å²) in [4.78, 5) is 10.9. The molecule has 1 N–H and O–H groups in total. The van der Waals surface area contributed by atoms with Gasteiger partial charge in [0.25, 0.3) is 0 Å². The summed E-state index contributed by atoms with van der Waals surface area (Å²) >= 11 is 3.90. The molecular formula is C8H8O4S2. The summed E-state index contributed by atoms with van der Waals surface area (Å²) in [5.74, 6) is -1.19. The van der Waals surface area contributed by atoms with Crippen molar-refractivity contribution in [3.8, 4) is 0 Å². The summed E-state index contributed by atoms with van der Waals surface area (Å²) in [5.41, 5.74) is -0.115. The normalized spacial score (nSPS) is 11.3. The third-order valence-corrected chi connectivity index (χ3v) is 3.13.